The fourth-order valence-corrected chi connectivity index (χ4v) is 2.55. The quantitative estimate of drug-likeness (QED) is 0.672. The second-order valence-corrected chi connectivity index (χ2v) is 5.33. The van der Waals surface area contributed by atoms with Crippen LogP contribution in [0.25, 0.3) is 0 Å². The molecular weight excluding hydrogens is 280 g/mol. The van der Waals surface area contributed by atoms with Gasteiger partial charge in [0.15, 0.2) is 0 Å². The van der Waals surface area contributed by atoms with Gasteiger partial charge in [0, 0.05) is 24.7 Å². The number of benzene rings is 1. The first kappa shape index (κ1) is 16.2. The standard InChI is InChI=1S/C17H22N2O3/c1-3-11-22-13-14-5-4-10-19(12-14)17(20)18-15-6-8-16(21-2)9-7-15/h1,6-9,14H,4-5,10-13H2,2H3,(H,18,20). The van der Waals surface area contributed by atoms with Crippen molar-refractivity contribution >= 4 is 11.7 Å². The Morgan fingerprint density at radius 2 is 2.23 bits per heavy atom. The van der Waals surface area contributed by atoms with Gasteiger partial charge in [-0.25, -0.2) is 4.79 Å². The molecule has 2 rings (SSSR count). The van der Waals surface area contributed by atoms with Crippen molar-refractivity contribution in [3.8, 4) is 18.1 Å². The summed E-state index contributed by atoms with van der Waals surface area (Å²) in [5.41, 5.74) is 0.761. The van der Waals surface area contributed by atoms with E-state index in [-0.39, 0.29) is 6.03 Å². The molecule has 1 N–H and O–H groups in total. The maximum Gasteiger partial charge on any atom is 0.321 e. The van der Waals surface area contributed by atoms with Crippen LogP contribution in [0, 0.1) is 18.3 Å². The maximum absolute atomic E-state index is 12.3. The number of rotatable bonds is 5. The van der Waals surface area contributed by atoms with Gasteiger partial charge in [-0.2, -0.15) is 0 Å². The van der Waals surface area contributed by atoms with Crippen molar-refractivity contribution < 1.29 is 14.3 Å². The summed E-state index contributed by atoms with van der Waals surface area (Å²) in [6.07, 6.45) is 7.22. The summed E-state index contributed by atoms with van der Waals surface area (Å²) in [6, 6.07) is 7.22. The number of hydrogen-bond acceptors (Lipinski definition) is 3. The van der Waals surface area contributed by atoms with Gasteiger partial charge in [-0.3, -0.25) is 0 Å². The summed E-state index contributed by atoms with van der Waals surface area (Å²) >= 11 is 0. The number of nitrogens with one attached hydrogen (secondary N) is 1. The number of urea groups is 1. The van der Waals surface area contributed by atoms with Crippen molar-refractivity contribution in [1.29, 1.82) is 0 Å². The Morgan fingerprint density at radius 1 is 1.45 bits per heavy atom. The Hall–Kier alpha value is -2.19. The first-order chi connectivity index (χ1) is 10.7. The van der Waals surface area contributed by atoms with Crippen molar-refractivity contribution in [2.24, 2.45) is 5.92 Å². The van der Waals surface area contributed by atoms with Crippen LogP contribution < -0.4 is 10.1 Å². The van der Waals surface area contributed by atoms with Crippen molar-refractivity contribution in [3.05, 3.63) is 24.3 Å². The zero-order valence-electron chi connectivity index (χ0n) is 12.9. The predicted molar refractivity (Wildman–Crippen MR) is 86.0 cm³/mol. The van der Waals surface area contributed by atoms with E-state index < -0.39 is 0 Å². The number of carbonyl (C=O) groups excluding carboxylic acids is 1. The number of hydrogen-bond donors (Lipinski definition) is 1. The molecule has 1 aromatic carbocycles. The molecule has 2 amide bonds. The van der Waals surface area contributed by atoms with Crippen molar-refractivity contribution in [2.45, 2.75) is 12.8 Å². The number of ether oxygens (including phenoxy) is 2. The molecule has 5 heteroatoms. The van der Waals surface area contributed by atoms with Crippen LogP contribution in [0.15, 0.2) is 24.3 Å². The van der Waals surface area contributed by atoms with Crippen LogP contribution in [0.2, 0.25) is 0 Å². The lowest BCUT2D eigenvalue weighted by molar-refractivity contribution is 0.0883. The zero-order chi connectivity index (χ0) is 15.8. The monoisotopic (exact) mass is 302 g/mol. The molecule has 1 aliphatic rings. The molecule has 0 aliphatic carbocycles. The third-order valence-corrected chi connectivity index (χ3v) is 3.69. The van der Waals surface area contributed by atoms with Crippen LogP contribution in [0.1, 0.15) is 12.8 Å². The zero-order valence-corrected chi connectivity index (χ0v) is 12.9. The first-order valence-electron chi connectivity index (χ1n) is 7.44. The highest BCUT2D eigenvalue weighted by Gasteiger charge is 2.23. The van der Waals surface area contributed by atoms with Gasteiger partial charge in [0.25, 0.3) is 0 Å². The van der Waals surface area contributed by atoms with Gasteiger partial charge in [0.05, 0.1) is 13.7 Å². The number of piperidine rings is 1. The molecular formula is C17H22N2O3. The number of amides is 2. The fourth-order valence-electron chi connectivity index (χ4n) is 2.55. The Morgan fingerprint density at radius 3 is 2.91 bits per heavy atom. The van der Waals surface area contributed by atoms with Crippen molar-refractivity contribution in [2.75, 3.05) is 38.7 Å². The second kappa shape index (κ2) is 8.30. The molecule has 5 nitrogen and oxygen atoms in total. The normalized spacial score (nSPS) is 17.6. The van der Waals surface area contributed by atoms with Gasteiger partial charge in [-0.1, -0.05) is 5.92 Å². The van der Waals surface area contributed by atoms with E-state index >= 15 is 0 Å². The Bertz CT molecular complexity index is 522. The highest BCUT2D eigenvalue weighted by Crippen LogP contribution is 2.19. The number of terminal acetylenes is 1. The smallest absolute Gasteiger partial charge is 0.321 e. The fraction of sp³-hybridized carbons (Fsp3) is 0.471. The Balaban J connectivity index is 1.84. The van der Waals surface area contributed by atoms with Crippen LogP contribution in [0.4, 0.5) is 10.5 Å². The number of anilines is 1. The molecule has 1 heterocycles. The summed E-state index contributed by atoms with van der Waals surface area (Å²) in [5.74, 6) is 3.57. The summed E-state index contributed by atoms with van der Waals surface area (Å²) in [7, 11) is 1.61. The lowest BCUT2D eigenvalue weighted by Gasteiger charge is -2.32. The SMILES string of the molecule is C#CCOCC1CCCN(C(=O)Nc2ccc(OC)cc2)C1. The van der Waals surface area contributed by atoms with E-state index in [9.17, 15) is 4.79 Å². The van der Waals surface area contributed by atoms with E-state index in [1.165, 1.54) is 0 Å². The molecule has 0 saturated carbocycles. The Labute approximate surface area is 131 Å². The molecule has 1 unspecified atom stereocenters. The van der Waals surface area contributed by atoms with Gasteiger partial charge >= 0.3 is 6.03 Å². The highest BCUT2D eigenvalue weighted by molar-refractivity contribution is 5.89. The molecule has 0 spiro atoms. The highest BCUT2D eigenvalue weighted by atomic mass is 16.5. The molecule has 22 heavy (non-hydrogen) atoms. The third kappa shape index (κ3) is 4.68. The summed E-state index contributed by atoms with van der Waals surface area (Å²) in [4.78, 5) is 14.1. The number of likely N-dealkylation sites (tertiary alicyclic amines) is 1. The van der Waals surface area contributed by atoms with Crippen LogP contribution in [-0.2, 0) is 4.74 Å². The molecule has 1 aliphatic heterocycles. The molecule has 0 radical (unpaired) electrons. The molecule has 0 bridgehead atoms. The molecule has 0 aromatic heterocycles. The van der Waals surface area contributed by atoms with Gasteiger partial charge in [0.1, 0.15) is 12.4 Å². The van der Waals surface area contributed by atoms with Gasteiger partial charge in [0.2, 0.25) is 0 Å². The van der Waals surface area contributed by atoms with Gasteiger partial charge in [-0.15, -0.1) is 6.42 Å². The van der Waals surface area contributed by atoms with Gasteiger partial charge in [-0.05, 0) is 37.1 Å². The molecule has 1 fully saturated rings. The van der Waals surface area contributed by atoms with E-state index in [0.29, 0.717) is 25.7 Å². The lowest BCUT2D eigenvalue weighted by Crippen LogP contribution is -2.43. The molecule has 1 saturated heterocycles. The minimum absolute atomic E-state index is 0.0770. The minimum Gasteiger partial charge on any atom is -0.497 e. The van der Waals surface area contributed by atoms with E-state index in [4.69, 9.17) is 15.9 Å². The van der Waals surface area contributed by atoms with Crippen molar-refractivity contribution in [3.63, 3.8) is 0 Å². The van der Waals surface area contributed by atoms with Crippen LogP contribution in [0.5, 0.6) is 5.75 Å². The first-order valence-corrected chi connectivity index (χ1v) is 7.44. The average Bonchev–Trinajstić information content (AvgIpc) is 2.56. The minimum atomic E-state index is -0.0770. The second-order valence-electron chi connectivity index (χ2n) is 5.33. The van der Waals surface area contributed by atoms with E-state index in [2.05, 4.69) is 11.2 Å². The largest absolute Gasteiger partial charge is 0.497 e. The summed E-state index contributed by atoms with van der Waals surface area (Å²) in [6.45, 7) is 2.41. The third-order valence-electron chi connectivity index (χ3n) is 3.69. The molecule has 1 aromatic rings. The lowest BCUT2D eigenvalue weighted by atomic mass is 9.99. The molecule has 118 valence electrons. The number of carbonyl (C=O) groups is 1. The number of methoxy groups -OCH3 is 1. The predicted octanol–water partition coefficient (Wildman–Crippen LogP) is 2.59. The van der Waals surface area contributed by atoms with Gasteiger partial charge < -0.3 is 19.7 Å². The van der Waals surface area contributed by atoms with Crippen molar-refractivity contribution in [1.82, 2.24) is 4.90 Å². The maximum atomic E-state index is 12.3. The summed E-state index contributed by atoms with van der Waals surface area (Å²) in [5, 5.41) is 2.91. The average molecular weight is 302 g/mol. The molecule has 1 atom stereocenters. The van der Waals surface area contributed by atoms with Crippen LogP contribution in [-0.4, -0.2) is 44.3 Å². The van der Waals surface area contributed by atoms with Crippen LogP contribution in [0.3, 0.4) is 0 Å². The van der Waals surface area contributed by atoms with Crippen LogP contribution >= 0.6 is 0 Å². The summed E-state index contributed by atoms with van der Waals surface area (Å²) < 4.78 is 10.5. The topological polar surface area (TPSA) is 50.8 Å². The van der Waals surface area contributed by atoms with E-state index in [1.807, 2.05) is 29.2 Å². The number of nitrogens with zero attached hydrogens (tertiary/aromatic N) is 1. The Kier molecular flexibility index (Phi) is 6.11. The van der Waals surface area contributed by atoms with E-state index in [0.717, 1.165) is 30.8 Å². The van der Waals surface area contributed by atoms with E-state index in [1.54, 1.807) is 7.11 Å².